The third kappa shape index (κ3) is 4.63. The van der Waals surface area contributed by atoms with Crippen molar-refractivity contribution in [1.82, 2.24) is 10.1 Å². The summed E-state index contributed by atoms with van der Waals surface area (Å²) in [6.45, 7) is 1.84. The summed E-state index contributed by atoms with van der Waals surface area (Å²) >= 11 is 0. The smallest absolute Gasteiger partial charge is 0.338 e. The van der Waals surface area contributed by atoms with Crippen molar-refractivity contribution in [3.63, 3.8) is 0 Å². The van der Waals surface area contributed by atoms with Gasteiger partial charge in [-0.25, -0.2) is 9.18 Å². The van der Waals surface area contributed by atoms with Crippen LogP contribution in [0.5, 0.6) is 5.75 Å². The van der Waals surface area contributed by atoms with Crippen LogP contribution in [0, 0.1) is 12.7 Å². The van der Waals surface area contributed by atoms with Crippen LogP contribution in [0.25, 0.3) is 0 Å². The fourth-order valence-electron chi connectivity index (χ4n) is 2.07. The van der Waals surface area contributed by atoms with Gasteiger partial charge >= 0.3 is 5.97 Å². The SMILES string of the molecule is Cc1noc(COC(=O)c2cccc(OCc3ccc(F)cc3)c2)n1. The van der Waals surface area contributed by atoms with Crippen LogP contribution in [0.4, 0.5) is 4.39 Å². The Bertz CT molecular complexity index is 862. The Morgan fingerprint density at radius 2 is 1.96 bits per heavy atom. The molecule has 3 rings (SSSR count). The van der Waals surface area contributed by atoms with Gasteiger partial charge in [0.2, 0.25) is 0 Å². The first-order valence-electron chi connectivity index (χ1n) is 7.54. The highest BCUT2D eigenvalue weighted by atomic mass is 19.1. The number of aromatic nitrogens is 2. The molecule has 0 fully saturated rings. The number of hydrogen-bond acceptors (Lipinski definition) is 6. The van der Waals surface area contributed by atoms with Gasteiger partial charge < -0.3 is 14.0 Å². The van der Waals surface area contributed by atoms with Gasteiger partial charge in [0.25, 0.3) is 5.89 Å². The number of nitrogens with zero attached hydrogens (tertiary/aromatic N) is 2. The van der Waals surface area contributed by atoms with Gasteiger partial charge in [0, 0.05) is 0 Å². The summed E-state index contributed by atoms with van der Waals surface area (Å²) in [5, 5.41) is 3.62. The molecule has 0 N–H and O–H groups in total. The van der Waals surface area contributed by atoms with E-state index in [0.717, 1.165) is 5.56 Å². The van der Waals surface area contributed by atoms with Crippen molar-refractivity contribution in [3.05, 3.63) is 77.2 Å². The first kappa shape index (κ1) is 16.6. The molecule has 25 heavy (non-hydrogen) atoms. The van der Waals surface area contributed by atoms with Gasteiger partial charge in [-0.1, -0.05) is 23.4 Å². The molecule has 6 nitrogen and oxygen atoms in total. The Hall–Kier alpha value is -3.22. The van der Waals surface area contributed by atoms with E-state index >= 15 is 0 Å². The number of halogens is 1. The maximum atomic E-state index is 12.9. The van der Waals surface area contributed by atoms with E-state index in [2.05, 4.69) is 10.1 Å². The van der Waals surface area contributed by atoms with Gasteiger partial charge in [-0.2, -0.15) is 4.98 Å². The average Bonchev–Trinajstić information content (AvgIpc) is 3.05. The predicted octanol–water partition coefficient (Wildman–Crippen LogP) is 3.45. The van der Waals surface area contributed by atoms with Crippen LogP contribution in [0.15, 0.2) is 53.1 Å². The molecule has 1 aromatic heterocycles. The third-order valence-electron chi connectivity index (χ3n) is 3.28. The molecule has 0 amide bonds. The summed E-state index contributed by atoms with van der Waals surface area (Å²) < 4.78 is 28.5. The zero-order valence-electron chi connectivity index (χ0n) is 13.4. The molecular weight excluding hydrogens is 327 g/mol. The van der Waals surface area contributed by atoms with Crippen LogP contribution in [0.1, 0.15) is 27.6 Å². The fourth-order valence-corrected chi connectivity index (χ4v) is 2.07. The molecule has 2 aromatic carbocycles. The number of rotatable bonds is 6. The highest BCUT2D eigenvalue weighted by Crippen LogP contribution is 2.16. The van der Waals surface area contributed by atoms with Crippen molar-refractivity contribution >= 4 is 5.97 Å². The first-order chi connectivity index (χ1) is 12.1. The van der Waals surface area contributed by atoms with E-state index in [1.807, 2.05) is 0 Å². The molecule has 7 heteroatoms. The van der Waals surface area contributed by atoms with Gasteiger partial charge in [0.1, 0.15) is 18.2 Å². The monoisotopic (exact) mass is 342 g/mol. The molecule has 1 heterocycles. The van der Waals surface area contributed by atoms with E-state index in [-0.39, 0.29) is 24.9 Å². The van der Waals surface area contributed by atoms with E-state index in [4.69, 9.17) is 14.0 Å². The van der Waals surface area contributed by atoms with Gasteiger partial charge in [-0.15, -0.1) is 0 Å². The van der Waals surface area contributed by atoms with Crippen LogP contribution in [0.2, 0.25) is 0 Å². The molecular formula is C18H15FN2O4. The zero-order chi connectivity index (χ0) is 17.6. The number of carbonyl (C=O) groups excluding carboxylic acids is 1. The van der Waals surface area contributed by atoms with E-state index in [1.165, 1.54) is 12.1 Å². The van der Waals surface area contributed by atoms with Gasteiger partial charge in [-0.3, -0.25) is 0 Å². The summed E-state index contributed by atoms with van der Waals surface area (Å²) in [5.74, 6) is 0.386. The van der Waals surface area contributed by atoms with E-state index in [1.54, 1.807) is 43.3 Å². The minimum atomic E-state index is -0.525. The summed E-state index contributed by atoms with van der Waals surface area (Å²) in [6, 6.07) is 12.6. The van der Waals surface area contributed by atoms with E-state index in [0.29, 0.717) is 17.1 Å². The van der Waals surface area contributed by atoms with Crippen molar-refractivity contribution in [2.24, 2.45) is 0 Å². The largest absolute Gasteiger partial charge is 0.489 e. The average molecular weight is 342 g/mol. The minimum absolute atomic E-state index is 0.0969. The normalized spacial score (nSPS) is 10.5. The number of benzene rings is 2. The molecule has 0 aliphatic carbocycles. The van der Waals surface area contributed by atoms with Crippen LogP contribution in [0.3, 0.4) is 0 Å². The van der Waals surface area contributed by atoms with Crippen LogP contribution in [-0.2, 0) is 18.0 Å². The predicted molar refractivity (Wildman–Crippen MR) is 85.3 cm³/mol. The van der Waals surface area contributed by atoms with Crippen LogP contribution >= 0.6 is 0 Å². The Morgan fingerprint density at radius 1 is 1.16 bits per heavy atom. The molecule has 0 saturated heterocycles. The minimum Gasteiger partial charge on any atom is -0.489 e. The summed E-state index contributed by atoms with van der Waals surface area (Å²) in [7, 11) is 0. The standard InChI is InChI=1S/C18H15FN2O4/c1-12-20-17(25-21-12)11-24-18(22)14-3-2-4-16(9-14)23-10-13-5-7-15(19)8-6-13/h2-9H,10-11H2,1H3. The van der Waals surface area contributed by atoms with Gasteiger partial charge in [0.05, 0.1) is 5.56 Å². The summed E-state index contributed by atoms with van der Waals surface area (Å²) in [5.41, 5.74) is 1.16. The molecule has 0 aliphatic rings. The molecule has 0 bridgehead atoms. The molecule has 128 valence electrons. The quantitative estimate of drug-likeness (QED) is 0.639. The van der Waals surface area contributed by atoms with Crippen LogP contribution < -0.4 is 4.74 Å². The molecule has 0 radical (unpaired) electrons. The third-order valence-corrected chi connectivity index (χ3v) is 3.28. The Labute approximate surface area is 143 Å². The second kappa shape index (κ2) is 7.57. The topological polar surface area (TPSA) is 74.5 Å². The Kier molecular flexibility index (Phi) is 5.03. The Balaban J connectivity index is 1.58. The van der Waals surface area contributed by atoms with Gasteiger partial charge in [-0.05, 0) is 42.8 Å². The lowest BCUT2D eigenvalue weighted by atomic mass is 10.2. The number of ether oxygens (including phenoxy) is 2. The maximum Gasteiger partial charge on any atom is 0.338 e. The lowest BCUT2D eigenvalue weighted by Crippen LogP contribution is -2.06. The number of aryl methyl sites for hydroxylation is 1. The van der Waals surface area contributed by atoms with E-state index in [9.17, 15) is 9.18 Å². The molecule has 0 saturated carbocycles. The first-order valence-corrected chi connectivity index (χ1v) is 7.54. The summed E-state index contributed by atoms with van der Waals surface area (Å²) in [6.07, 6.45) is 0. The second-order valence-corrected chi connectivity index (χ2v) is 5.25. The fraction of sp³-hybridized carbons (Fsp3) is 0.167. The summed E-state index contributed by atoms with van der Waals surface area (Å²) in [4.78, 5) is 16.0. The highest BCUT2D eigenvalue weighted by molar-refractivity contribution is 5.89. The molecule has 0 unspecified atom stereocenters. The number of carbonyl (C=O) groups is 1. The van der Waals surface area contributed by atoms with Crippen molar-refractivity contribution in [2.45, 2.75) is 20.1 Å². The maximum absolute atomic E-state index is 12.9. The number of hydrogen-bond donors (Lipinski definition) is 0. The lowest BCUT2D eigenvalue weighted by molar-refractivity contribution is 0.0429. The lowest BCUT2D eigenvalue weighted by Gasteiger charge is -2.08. The van der Waals surface area contributed by atoms with Crippen molar-refractivity contribution in [2.75, 3.05) is 0 Å². The molecule has 0 atom stereocenters. The molecule has 0 aliphatic heterocycles. The van der Waals surface area contributed by atoms with Gasteiger partial charge in [0.15, 0.2) is 12.4 Å². The van der Waals surface area contributed by atoms with Crippen molar-refractivity contribution < 1.29 is 23.2 Å². The van der Waals surface area contributed by atoms with E-state index < -0.39 is 5.97 Å². The molecule has 3 aromatic rings. The molecule has 0 spiro atoms. The highest BCUT2D eigenvalue weighted by Gasteiger charge is 2.11. The van der Waals surface area contributed by atoms with Crippen molar-refractivity contribution in [3.8, 4) is 5.75 Å². The number of esters is 1. The zero-order valence-corrected chi connectivity index (χ0v) is 13.4. The Morgan fingerprint density at radius 3 is 2.68 bits per heavy atom. The van der Waals surface area contributed by atoms with Crippen molar-refractivity contribution in [1.29, 1.82) is 0 Å². The van der Waals surface area contributed by atoms with Crippen LogP contribution in [-0.4, -0.2) is 16.1 Å². The second-order valence-electron chi connectivity index (χ2n) is 5.25.